The van der Waals surface area contributed by atoms with E-state index in [9.17, 15) is 0 Å². The van der Waals surface area contributed by atoms with Crippen LogP contribution in [0.15, 0.2) is 36.9 Å². The molecule has 0 heterocycles. The Labute approximate surface area is 116 Å². The van der Waals surface area contributed by atoms with Gasteiger partial charge in [0.1, 0.15) is 0 Å². The average molecular weight is 259 g/mol. The van der Waals surface area contributed by atoms with Crippen LogP contribution in [0.1, 0.15) is 32.8 Å². The van der Waals surface area contributed by atoms with Crippen molar-refractivity contribution < 1.29 is 4.74 Å². The predicted molar refractivity (Wildman–Crippen MR) is 81.1 cm³/mol. The summed E-state index contributed by atoms with van der Waals surface area (Å²) in [7, 11) is 0. The van der Waals surface area contributed by atoms with Gasteiger partial charge in [-0.2, -0.15) is 0 Å². The van der Waals surface area contributed by atoms with Crippen LogP contribution in [0.25, 0.3) is 5.57 Å². The molecule has 1 aromatic carbocycles. The number of benzene rings is 1. The van der Waals surface area contributed by atoms with Gasteiger partial charge in [-0.1, -0.05) is 50.8 Å². The molecular formula is C17H25NO. The summed E-state index contributed by atoms with van der Waals surface area (Å²) in [5, 5.41) is 3.62. The zero-order valence-corrected chi connectivity index (χ0v) is 12.3. The van der Waals surface area contributed by atoms with E-state index < -0.39 is 0 Å². The number of ether oxygens (including phenoxy) is 1. The third-order valence-electron chi connectivity index (χ3n) is 4.29. The largest absolute Gasteiger partial charge is 0.378 e. The third-order valence-corrected chi connectivity index (χ3v) is 4.29. The van der Waals surface area contributed by atoms with Gasteiger partial charge >= 0.3 is 0 Å². The summed E-state index contributed by atoms with van der Waals surface area (Å²) in [6.45, 7) is 12.4. The van der Waals surface area contributed by atoms with Crippen molar-refractivity contribution in [1.82, 2.24) is 5.32 Å². The highest BCUT2D eigenvalue weighted by Crippen LogP contribution is 2.42. The molecule has 104 valence electrons. The van der Waals surface area contributed by atoms with Crippen molar-refractivity contribution in [2.75, 3.05) is 13.2 Å². The molecule has 0 spiro atoms. The van der Waals surface area contributed by atoms with E-state index in [1.807, 2.05) is 6.07 Å². The van der Waals surface area contributed by atoms with Crippen LogP contribution >= 0.6 is 0 Å². The van der Waals surface area contributed by atoms with Crippen molar-refractivity contribution in [3.8, 4) is 0 Å². The van der Waals surface area contributed by atoms with Gasteiger partial charge in [0.25, 0.3) is 0 Å². The first kappa shape index (κ1) is 14.3. The minimum Gasteiger partial charge on any atom is -0.378 e. The van der Waals surface area contributed by atoms with Gasteiger partial charge in [0.2, 0.25) is 0 Å². The van der Waals surface area contributed by atoms with Gasteiger partial charge in [0.15, 0.2) is 0 Å². The molecule has 0 saturated heterocycles. The van der Waals surface area contributed by atoms with Gasteiger partial charge in [-0.05, 0) is 24.5 Å². The van der Waals surface area contributed by atoms with Crippen LogP contribution in [0, 0.1) is 5.41 Å². The fourth-order valence-electron chi connectivity index (χ4n) is 2.74. The van der Waals surface area contributed by atoms with E-state index in [0.717, 1.165) is 25.1 Å². The molecule has 1 aliphatic carbocycles. The summed E-state index contributed by atoms with van der Waals surface area (Å²) in [5.74, 6) is 0. The van der Waals surface area contributed by atoms with Gasteiger partial charge in [0.05, 0.1) is 6.10 Å². The zero-order chi connectivity index (χ0) is 13.9. The van der Waals surface area contributed by atoms with E-state index in [2.05, 4.69) is 56.9 Å². The minimum atomic E-state index is 0.215. The Bertz CT molecular complexity index is 424. The van der Waals surface area contributed by atoms with Crippen molar-refractivity contribution >= 4 is 5.57 Å². The molecule has 2 nitrogen and oxygen atoms in total. The first-order chi connectivity index (χ1) is 9.05. The van der Waals surface area contributed by atoms with Crippen LogP contribution in [0.4, 0.5) is 0 Å². The molecular weight excluding hydrogens is 234 g/mol. The van der Waals surface area contributed by atoms with Crippen LogP contribution in [0.2, 0.25) is 0 Å². The Morgan fingerprint density at radius 2 is 2.05 bits per heavy atom. The second-order valence-electron chi connectivity index (χ2n) is 5.90. The lowest BCUT2D eigenvalue weighted by Gasteiger charge is -2.52. The van der Waals surface area contributed by atoms with Crippen molar-refractivity contribution in [3.63, 3.8) is 0 Å². The SMILES string of the molecule is C=C(CNC1CC(OCC)C1(C)C)c1ccccc1. The highest BCUT2D eigenvalue weighted by Gasteiger charge is 2.48. The normalized spacial score (nSPS) is 24.8. The molecule has 1 saturated carbocycles. The highest BCUT2D eigenvalue weighted by atomic mass is 16.5. The van der Waals surface area contributed by atoms with Crippen LogP contribution in [-0.2, 0) is 4.74 Å². The molecule has 0 bridgehead atoms. The van der Waals surface area contributed by atoms with E-state index in [1.165, 1.54) is 5.56 Å². The van der Waals surface area contributed by atoms with E-state index in [1.54, 1.807) is 0 Å². The quantitative estimate of drug-likeness (QED) is 0.844. The molecule has 2 unspecified atom stereocenters. The van der Waals surface area contributed by atoms with Crippen molar-refractivity contribution in [1.29, 1.82) is 0 Å². The van der Waals surface area contributed by atoms with Crippen LogP contribution < -0.4 is 5.32 Å². The molecule has 2 heteroatoms. The average Bonchev–Trinajstić information content (AvgIpc) is 2.42. The summed E-state index contributed by atoms with van der Waals surface area (Å²) in [5.41, 5.74) is 2.58. The maximum absolute atomic E-state index is 5.75. The smallest absolute Gasteiger partial charge is 0.0655 e. The molecule has 0 amide bonds. The van der Waals surface area contributed by atoms with Gasteiger partial charge in [0, 0.05) is 24.6 Å². The Hall–Kier alpha value is -1.12. The van der Waals surface area contributed by atoms with E-state index in [0.29, 0.717) is 12.1 Å². The summed E-state index contributed by atoms with van der Waals surface area (Å²) < 4.78 is 5.75. The lowest BCUT2D eigenvalue weighted by Crippen LogP contribution is -2.61. The molecule has 0 aliphatic heterocycles. The van der Waals surface area contributed by atoms with E-state index in [-0.39, 0.29) is 5.41 Å². The molecule has 0 radical (unpaired) electrons. The number of nitrogens with one attached hydrogen (secondary N) is 1. The molecule has 1 N–H and O–H groups in total. The summed E-state index contributed by atoms with van der Waals surface area (Å²) >= 11 is 0. The van der Waals surface area contributed by atoms with Gasteiger partial charge in [-0.3, -0.25) is 0 Å². The second kappa shape index (κ2) is 5.89. The van der Waals surface area contributed by atoms with E-state index in [4.69, 9.17) is 4.74 Å². The molecule has 2 rings (SSSR count). The Morgan fingerprint density at radius 1 is 1.37 bits per heavy atom. The predicted octanol–water partition coefficient (Wildman–Crippen LogP) is 3.49. The fraction of sp³-hybridized carbons (Fsp3) is 0.529. The monoisotopic (exact) mass is 259 g/mol. The molecule has 0 aromatic heterocycles. The summed E-state index contributed by atoms with van der Waals surface area (Å²) in [4.78, 5) is 0. The fourth-order valence-corrected chi connectivity index (χ4v) is 2.74. The van der Waals surface area contributed by atoms with Gasteiger partial charge in [-0.25, -0.2) is 0 Å². The second-order valence-corrected chi connectivity index (χ2v) is 5.90. The highest BCUT2D eigenvalue weighted by molar-refractivity contribution is 5.64. The summed E-state index contributed by atoms with van der Waals surface area (Å²) in [6.07, 6.45) is 1.49. The Morgan fingerprint density at radius 3 is 2.63 bits per heavy atom. The first-order valence-corrected chi connectivity index (χ1v) is 7.14. The maximum Gasteiger partial charge on any atom is 0.0655 e. The molecule has 19 heavy (non-hydrogen) atoms. The Kier molecular flexibility index (Phi) is 4.43. The molecule has 2 atom stereocenters. The maximum atomic E-state index is 5.75. The number of hydrogen-bond donors (Lipinski definition) is 1. The minimum absolute atomic E-state index is 0.215. The first-order valence-electron chi connectivity index (χ1n) is 7.14. The third kappa shape index (κ3) is 3.07. The standard InChI is InChI=1S/C17H25NO/c1-5-19-16-11-15(17(16,3)4)18-12-13(2)14-9-7-6-8-10-14/h6-10,15-16,18H,2,5,11-12H2,1,3-4H3. The van der Waals surface area contributed by atoms with Crippen LogP contribution in [0.5, 0.6) is 0 Å². The Balaban J connectivity index is 1.83. The van der Waals surface area contributed by atoms with Gasteiger partial charge in [-0.15, -0.1) is 0 Å². The number of rotatable bonds is 6. The number of hydrogen-bond acceptors (Lipinski definition) is 2. The van der Waals surface area contributed by atoms with Crippen LogP contribution in [0.3, 0.4) is 0 Å². The topological polar surface area (TPSA) is 21.3 Å². The zero-order valence-electron chi connectivity index (χ0n) is 12.3. The van der Waals surface area contributed by atoms with E-state index >= 15 is 0 Å². The summed E-state index contributed by atoms with van der Waals surface area (Å²) in [6, 6.07) is 10.9. The van der Waals surface area contributed by atoms with Crippen molar-refractivity contribution in [3.05, 3.63) is 42.5 Å². The van der Waals surface area contributed by atoms with Crippen molar-refractivity contribution in [2.45, 2.75) is 39.3 Å². The molecule has 1 fully saturated rings. The molecule has 1 aromatic rings. The van der Waals surface area contributed by atoms with Crippen molar-refractivity contribution in [2.24, 2.45) is 5.41 Å². The lowest BCUT2D eigenvalue weighted by atomic mass is 9.64. The lowest BCUT2D eigenvalue weighted by molar-refractivity contribution is -0.113. The molecule has 1 aliphatic rings. The van der Waals surface area contributed by atoms with Crippen LogP contribution in [-0.4, -0.2) is 25.3 Å². The van der Waals surface area contributed by atoms with Gasteiger partial charge < -0.3 is 10.1 Å².